The highest BCUT2D eigenvalue weighted by atomic mass is 16.5. The van der Waals surface area contributed by atoms with Crippen molar-refractivity contribution in [2.24, 2.45) is 5.73 Å². The van der Waals surface area contributed by atoms with E-state index in [-0.39, 0.29) is 18.3 Å². The Kier molecular flexibility index (Phi) is 2.21. The first-order valence-electron chi connectivity index (χ1n) is 3.87. The van der Waals surface area contributed by atoms with Gasteiger partial charge in [-0.1, -0.05) is 5.16 Å². The molecule has 0 saturated carbocycles. The van der Waals surface area contributed by atoms with Gasteiger partial charge in [-0.05, 0) is 0 Å². The molecule has 4 N–H and O–H groups in total. The Morgan fingerprint density at radius 1 is 1.64 bits per heavy atom. The van der Waals surface area contributed by atoms with E-state index in [0.29, 0.717) is 5.69 Å². The summed E-state index contributed by atoms with van der Waals surface area (Å²) in [5.74, 6) is 0.461. The van der Waals surface area contributed by atoms with E-state index in [9.17, 15) is 0 Å². The number of nitrogens with one attached hydrogen (secondary N) is 1. The van der Waals surface area contributed by atoms with Crippen LogP contribution in [0.25, 0.3) is 11.5 Å². The number of aliphatic hydroxyl groups is 1. The van der Waals surface area contributed by atoms with Gasteiger partial charge in [-0.15, -0.1) is 0 Å². The maximum Gasteiger partial charge on any atom is 0.246 e. The summed E-state index contributed by atoms with van der Waals surface area (Å²) >= 11 is 0. The van der Waals surface area contributed by atoms with E-state index in [1.54, 1.807) is 0 Å². The number of hydrogen-bond acceptors (Lipinski definition) is 7. The van der Waals surface area contributed by atoms with Crippen molar-refractivity contribution < 1.29 is 9.63 Å². The van der Waals surface area contributed by atoms with Crippen molar-refractivity contribution in [1.29, 1.82) is 0 Å². The zero-order valence-corrected chi connectivity index (χ0v) is 7.08. The summed E-state index contributed by atoms with van der Waals surface area (Å²) in [7, 11) is 0. The Morgan fingerprint density at radius 2 is 2.50 bits per heavy atom. The lowest BCUT2D eigenvalue weighted by atomic mass is 10.3. The minimum absolute atomic E-state index is 0.172. The fraction of sp³-hybridized carbons (Fsp3) is 0.333. The SMILES string of the molecule is N[C@H](CO)c1nc(-c2cn[nH]n2)no1. The summed E-state index contributed by atoms with van der Waals surface area (Å²) in [6, 6.07) is -0.664. The van der Waals surface area contributed by atoms with Crippen LogP contribution in [0.3, 0.4) is 0 Å². The summed E-state index contributed by atoms with van der Waals surface area (Å²) in [4.78, 5) is 3.94. The van der Waals surface area contributed by atoms with Gasteiger partial charge in [0.05, 0.1) is 12.8 Å². The van der Waals surface area contributed by atoms with Gasteiger partial charge in [-0.25, -0.2) is 0 Å². The minimum Gasteiger partial charge on any atom is -0.394 e. The minimum atomic E-state index is -0.664. The number of nitrogens with two attached hydrogens (primary N) is 1. The molecule has 0 spiro atoms. The van der Waals surface area contributed by atoms with E-state index in [2.05, 4.69) is 25.6 Å². The second kappa shape index (κ2) is 3.52. The first-order valence-corrected chi connectivity index (χ1v) is 3.87. The summed E-state index contributed by atoms with van der Waals surface area (Å²) < 4.78 is 4.81. The Morgan fingerprint density at radius 3 is 3.14 bits per heavy atom. The maximum atomic E-state index is 8.74. The highest BCUT2D eigenvalue weighted by molar-refractivity contribution is 5.44. The fourth-order valence-electron chi connectivity index (χ4n) is 0.877. The molecule has 0 aliphatic rings. The van der Waals surface area contributed by atoms with Crippen LogP contribution < -0.4 is 5.73 Å². The Hall–Kier alpha value is -1.80. The van der Waals surface area contributed by atoms with Crippen molar-refractivity contribution in [2.45, 2.75) is 6.04 Å². The lowest BCUT2D eigenvalue weighted by Crippen LogP contribution is -2.14. The van der Waals surface area contributed by atoms with Crippen LogP contribution in [-0.4, -0.2) is 37.3 Å². The average Bonchev–Trinajstić information content (AvgIpc) is 2.86. The van der Waals surface area contributed by atoms with Gasteiger partial charge in [0.25, 0.3) is 0 Å². The second-order valence-corrected chi connectivity index (χ2v) is 2.60. The van der Waals surface area contributed by atoms with Crippen molar-refractivity contribution in [3.63, 3.8) is 0 Å². The quantitative estimate of drug-likeness (QED) is 0.565. The molecule has 0 saturated heterocycles. The van der Waals surface area contributed by atoms with Crippen LogP contribution in [0.5, 0.6) is 0 Å². The van der Waals surface area contributed by atoms with Gasteiger partial charge in [0.15, 0.2) is 5.69 Å². The van der Waals surface area contributed by atoms with Crippen molar-refractivity contribution >= 4 is 0 Å². The molecule has 2 aromatic heterocycles. The second-order valence-electron chi connectivity index (χ2n) is 2.60. The molecule has 1 atom stereocenters. The van der Waals surface area contributed by atoms with Crippen LogP contribution in [0, 0.1) is 0 Å². The summed E-state index contributed by atoms with van der Waals surface area (Å²) in [6.45, 7) is -0.250. The first kappa shape index (κ1) is 8.78. The predicted molar refractivity (Wildman–Crippen MR) is 43.7 cm³/mol. The van der Waals surface area contributed by atoms with Crippen molar-refractivity contribution in [1.82, 2.24) is 25.6 Å². The Balaban J connectivity index is 2.26. The molecule has 0 aliphatic carbocycles. The van der Waals surface area contributed by atoms with E-state index < -0.39 is 6.04 Å². The third kappa shape index (κ3) is 1.47. The summed E-state index contributed by atoms with van der Waals surface area (Å²) in [5.41, 5.74) is 5.93. The highest BCUT2D eigenvalue weighted by Crippen LogP contribution is 2.13. The van der Waals surface area contributed by atoms with Crippen molar-refractivity contribution in [2.75, 3.05) is 6.61 Å². The lowest BCUT2D eigenvalue weighted by molar-refractivity contribution is 0.237. The van der Waals surface area contributed by atoms with Gasteiger partial charge in [0, 0.05) is 0 Å². The molecular weight excluding hydrogens is 188 g/mol. The first-order chi connectivity index (χ1) is 6.81. The standard InChI is InChI=1S/C6H8N6O2/c7-3(2-13)6-9-5(11-14-6)4-1-8-12-10-4/h1,3,13H,2,7H2,(H,8,10,12)/t3-/m1/s1. The van der Waals surface area contributed by atoms with Crippen LogP contribution in [0.4, 0.5) is 0 Å². The number of rotatable bonds is 3. The van der Waals surface area contributed by atoms with Gasteiger partial charge in [-0.2, -0.15) is 20.4 Å². The third-order valence-corrected chi connectivity index (χ3v) is 1.60. The molecule has 2 heterocycles. The Bertz CT molecular complexity index is 396. The van der Waals surface area contributed by atoms with E-state index >= 15 is 0 Å². The lowest BCUT2D eigenvalue weighted by Gasteiger charge is -1.97. The summed E-state index contributed by atoms with van der Waals surface area (Å²) in [5, 5.41) is 22.1. The van der Waals surface area contributed by atoms with Gasteiger partial charge in [-0.3, -0.25) is 0 Å². The largest absolute Gasteiger partial charge is 0.394 e. The highest BCUT2D eigenvalue weighted by Gasteiger charge is 2.15. The molecule has 0 unspecified atom stereocenters. The van der Waals surface area contributed by atoms with Crippen LogP contribution in [0.2, 0.25) is 0 Å². The number of aromatic nitrogens is 5. The molecule has 74 valence electrons. The van der Waals surface area contributed by atoms with Crippen molar-refractivity contribution in [3.8, 4) is 11.5 Å². The molecule has 0 amide bonds. The maximum absolute atomic E-state index is 8.74. The monoisotopic (exact) mass is 196 g/mol. The van der Waals surface area contributed by atoms with Crippen molar-refractivity contribution in [3.05, 3.63) is 12.1 Å². The molecule has 14 heavy (non-hydrogen) atoms. The molecule has 0 aliphatic heterocycles. The molecule has 0 aromatic carbocycles. The number of aromatic amines is 1. The molecule has 0 radical (unpaired) electrons. The van der Waals surface area contributed by atoms with Crippen LogP contribution >= 0.6 is 0 Å². The molecular formula is C6H8N6O2. The van der Waals surface area contributed by atoms with E-state index in [4.69, 9.17) is 15.4 Å². The van der Waals surface area contributed by atoms with Gasteiger partial charge < -0.3 is 15.4 Å². The average molecular weight is 196 g/mol. The van der Waals surface area contributed by atoms with Gasteiger partial charge in [0.1, 0.15) is 6.04 Å². The number of hydrogen-bond donors (Lipinski definition) is 3. The number of H-pyrrole nitrogens is 1. The van der Waals surface area contributed by atoms with Crippen LogP contribution in [0.1, 0.15) is 11.9 Å². The van der Waals surface area contributed by atoms with E-state index in [1.807, 2.05) is 0 Å². The topological polar surface area (TPSA) is 127 Å². The molecule has 2 rings (SSSR count). The smallest absolute Gasteiger partial charge is 0.246 e. The normalized spacial score (nSPS) is 13.0. The zero-order chi connectivity index (χ0) is 9.97. The van der Waals surface area contributed by atoms with Crippen LogP contribution in [0.15, 0.2) is 10.7 Å². The molecule has 0 fully saturated rings. The van der Waals surface area contributed by atoms with E-state index in [0.717, 1.165) is 0 Å². The Labute approximate surface area is 78.1 Å². The molecule has 2 aromatic rings. The fourth-order valence-corrected chi connectivity index (χ4v) is 0.877. The van der Waals surface area contributed by atoms with Gasteiger partial charge >= 0.3 is 0 Å². The number of aliphatic hydroxyl groups excluding tert-OH is 1. The zero-order valence-electron chi connectivity index (χ0n) is 7.08. The molecule has 0 bridgehead atoms. The van der Waals surface area contributed by atoms with E-state index in [1.165, 1.54) is 6.20 Å². The molecule has 8 nitrogen and oxygen atoms in total. The molecule has 8 heteroatoms. The predicted octanol–water partition coefficient (Wildman–Crippen LogP) is -1.15. The summed E-state index contributed by atoms with van der Waals surface area (Å²) in [6.07, 6.45) is 1.46. The third-order valence-electron chi connectivity index (χ3n) is 1.60. The van der Waals surface area contributed by atoms with Gasteiger partial charge in [0.2, 0.25) is 11.7 Å². The number of nitrogens with zero attached hydrogens (tertiary/aromatic N) is 4. The van der Waals surface area contributed by atoms with Crippen LogP contribution in [-0.2, 0) is 0 Å².